The summed E-state index contributed by atoms with van der Waals surface area (Å²) in [5, 5.41) is 6.45. The Balaban J connectivity index is 1.77. The Morgan fingerprint density at radius 2 is 2.25 bits per heavy atom. The van der Waals surface area contributed by atoms with Gasteiger partial charge in [-0.15, -0.1) is 0 Å². The molecule has 0 aromatic rings. The molecule has 0 spiro atoms. The number of likely N-dealkylation sites (tertiary alicyclic amines) is 1. The lowest BCUT2D eigenvalue weighted by atomic mass is 10.0. The van der Waals surface area contributed by atoms with E-state index in [0.29, 0.717) is 12.0 Å². The summed E-state index contributed by atoms with van der Waals surface area (Å²) in [7, 11) is 0. The largest absolute Gasteiger partial charge is 0.334 e. The van der Waals surface area contributed by atoms with Crippen molar-refractivity contribution in [3.8, 4) is 0 Å². The van der Waals surface area contributed by atoms with Crippen LogP contribution in [0.25, 0.3) is 0 Å². The van der Waals surface area contributed by atoms with Crippen LogP contribution in [0.15, 0.2) is 0 Å². The lowest BCUT2D eigenvalue weighted by molar-refractivity contribution is 0.164. The van der Waals surface area contributed by atoms with Gasteiger partial charge in [-0.25, -0.2) is 4.79 Å². The maximum atomic E-state index is 12.0. The highest BCUT2D eigenvalue weighted by Crippen LogP contribution is 2.15. The van der Waals surface area contributed by atoms with E-state index in [2.05, 4.69) is 17.6 Å². The van der Waals surface area contributed by atoms with Crippen LogP contribution in [0.1, 0.15) is 32.6 Å². The van der Waals surface area contributed by atoms with Gasteiger partial charge in [0.05, 0.1) is 0 Å². The molecule has 0 saturated carbocycles. The first-order valence-corrected chi connectivity index (χ1v) is 6.52. The number of urea groups is 1. The fraction of sp³-hybridized carbons (Fsp3) is 0.917. The highest BCUT2D eigenvalue weighted by Gasteiger charge is 2.23. The van der Waals surface area contributed by atoms with Crippen molar-refractivity contribution >= 4 is 6.03 Å². The molecule has 2 amide bonds. The Morgan fingerprint density at radius 3 is 2.94 bits per heavy atom. The van der Waals surface area contributed by atoms with Crippen LogP contribution in [0.4, 0.5) is 4.79 Å². The predicted molar refractivity (Wildman–Crippen MR) is 64.4 cm³/mol. The summed E-state index contributed by atoms with van der Waals surface area (Å²) in [5.74, 6) is 0.656. The fourth-order valence-corrected chi connectivity index (χ4v) is 2.61. The maximum absolute atomic E-state index is 12.0. The minimum absolute atomic E-state index is 0.139. The first-order chi connectivity index (χ1) is 7.75. The Bertz CT molecular complexity index is 238. The van der Waals surface area contributed by atoms with Crippen LogP contribution < -0.4 is 10.6 Å². The van der Waals surface area contributed by atoms with Gasteiger partial charge in [-0.2, -0.15) is 0 Å². The van der Waals surface area contributed by atoms with Gasteiger partial charge in [-0.3, -0.25) is 0 Å². The molecule has 2 N–H and O–H groups in total. The molecule has 0 aromatic heterocycles. The summed E-state index contributed by atoms with van der Waals surface area (Å²) in [4.78, 5) is 14.0. The number of hydrogen-bond acceptors (Lipinski definition) is 2. The van der Waals surface area contributed by atoms with Crippen LogP contribution in [0.3, 0.4) is 0 Å². The second-order valence-electron chi connectivity index (χ2n) is 5.19. The first kappa shape index (κ1) is 11.7. The summed E-state index contributed by atoms with van der Waals surface area (Å²) in [6.07, 6.45) is 4.69. The molecule has 2 fully saturated rings. The average Bonchev–Trinajstić information content (AvgIpc) is 2.30. The van der Waals surface area contributed by atoms with Gasteiger partial charge in [0.25, 0.3) is 0 Å². The number of nitrogens with zero attached hydrogens (tertiary/aromatic N) is 1. The average molecular weight is 225 g/mol. The first-order valence-electron chi connectivity index (χ1n) is 6.52. The molecule has 4 heteroatoms. The molecule has 2 aliphatic rings. The SMILES string of the molecule is CC1CCCN(C(=O)N[C@H]2CCCNC2)C1. The van der Waals surface area contributed by atoms with Crippen molar-refractivity contribution in [3.63, 3.8) is 0 Å². The molecule has 0 aromatic carbocycles. The summed E-state index contributed by atoms with van der Waals surface area (Å²) < 4.78 is 0. The molecule has 2 atom stereocenters. The number of rotatable bonds is 1. The quantitative estimate of drug-likeness (QED) is 0.704. The molecule has 0 radical (unpaired) electrons. The number of carbonyl (C=O) groups is 1. The minimum Gasteiger partial charge on any atom is -0.334 e. The highest BCUT2D eigenvalue weighted by molar-refractivity contribution is 5.74. The third-order valence-corrected chi connectivity index (χ3v) is 3.57. The number of hydrogen-bond donors (Lipinski definition) is 2. The van der Waals surface area contributed by atoms with Crippen molar-refractivity contribution in [1.82, 2.24) is 15.5 Å². The highest BCUT2D eigenvalue weighted by atomic mass is 16.2. The molecule has 2 rings (SSSR count). The van der Waals surface area contributed by atoms with Gasteiger partial charge in [-0.05, 0) is 38.1 Å². The summed E-state index contributed by atoms with van der Waals surface area (Å²) >= 11 is 0. The number of nitrogens with one attached hydrogen (secondary N) is 2. The van der Waals surface area contributed by atoms with E-state index in [1.807, 2.05) is 4.90 Å². The van der Waals surface area contributed by atoms with Crippen molar-refractivity contribution in [1.29, 1.82) is 0 Å². The van der Waals surface area contributed by atoms with Crippen molar-refractivity contribution < 1.29 is 4.79 Å². The third kappa shape index (κ3) is 3.11. The molecular weight excluding hydrogens is 202 g/mol. The van der Waals surface area contributed by atoms with Gasteiger partial charge in [0.15, 0.2) is 0 Å². The third-order valence-electron chi connectivity index (χ3n) is 3.57. The molecular formula is C12H23N3O. The van der Waals surface area contributed by atoms with E-state index in [1.165, 1.54) is 12.8 Å². The van der Waals surface area contributed by atoms with E-state index in [9.17, 15) is 4.79 Å². The zero-order valence-corrected chi connectivity index (χ0v) is 10.2. The molecule has 1 unspecified atom stereocenters. The van der Waals surface area contributed by atoms with Gasteiger partial charge in [0, 0.05) is 25.7 Å². The molecule has 2 heterocycles. The van der Waals surface area contributed by atoms with E-state index >= 15 is 0 Å². The molecule has 0 bridgehead atoms. The van der Waals surface area contributed by atoms with Gasteiger partial charge in [0.2, 0.25) is 0 Å². The minimum atomic E-state index is 0.139. The second-order valence-corrected chi connectivity index (χ2v) is 5.19. The van der Waals surface area contributed by atoms with Crippen LogP contribution in [0.2, 0.25) is 0 Å². The van der Waals surface area contributed by atoms with E-state index in [4.69, 9.17) is 0 Å². The topological polar surface area (TPSA) is 44.4 Å². The number of carbonyl (C=O) groups excluding carboxylic acids is 1. The van der Waals surface area contributed by atoms with Gasteiger partial charge < -0.3 is 15.5 Å². The number of amides is 2. The fourth-order valence-electron chi connectivity index (χ4n) is 2.61. The van der Waals surface area contributed by atoms with E-state index in [0.717, 1.165) is 39.0 Å². The summed E-state index contributed by atoms with van der Waals surface area (Å²) in [6.45, 7) is 6.09. The summed E-state index contributed by atoms with van der Waals surface area (Å²) in [6, 6.07) is 0.471. The van der Waals surface area contributed by atoms with E-state index < -0.39 is 0 Å². The van der Waals surface area contributed by atoms with Crippen molar-refractivity contribution in [2.75, 3.05) is 26.2 Å². The lowest BCUT2D eigenvalue weighted by Gasteiger charge is -2.33. The Hall–Kier alpha value is -0.770. The van der Waals surface area contributed by atoms with Crippen LogP contribution in [0, 0.1) is 5.92 Å². The second kappa shape index (κ2) is 5.53. The van der Waals surface area contributed by atoms with Gasteiger partial charge >= 0.3 is 6.03 Å². The zero-order valence-electron chi connectivity index (χ0n) is 10.2. The Labute approximate surface area is 97.8 Å². The van der Waals surface area contributed by atoms with Crippen LogP contribution in [0.5, 0.6) is 0 Å². The molecule has 92 valence electrons. The zero-order chi connectivity index (χ0) is 11.4. The van der Waals surface area contributed by atoms with Crippen molar-refractivity contribution in [3.05, 3.63) is 0 Å². The maximum Gasteiger partial charge on any atom is 0.317 e. The molecule has 2 saturated heterocycles. The van der Waals surface area contributed by atoms with E-state index in [1.54, 1.807) is 0 Å². The number of piperidine rings is 2. The molecule has 16 heavy (non-hydrogen) atoms. The van der Waals surface area contributed by atoms with Crippen molar-refractivity contribution in [2.24, 2.45) is 5.92 Å². The normalized spacial score (nSPS) is 31.2. The van der Waals surface area contributed by atoms with E-state index in [-0.39, 0.29) is 6.03 Å². The molecule has 0 aliphatic carbocycles. The Morgan fingerprint density at radius 1 is 1.38 bits per heavy atom. The van der Waals surface area contributed by atoms with Crippen LogP contribution in [-0.2, 0) is 0 Å². The predicted octanol–water partition coefficient (Wildman–Crippen LogP) is 1.18. The molecule has 2 aliphatic heterocycles. The monoisotopic (exact) mass is 225 g/mol. The Kier molecular flexibility index (Phi) is 4.04. The van der Waals surface area contributed by atoms with Gasteiger partial charge in [0.1, 0.15) is 0 Å². The van der Waals surface area contributed by atoms with Crippen LogP contribution >= 0.6 is 0 Å². The lowest BCUT2D eigenvalue weighted by Crippen LogP contribution is -2.52. The van der Waals surface area contributed by atoms with Crippen LogP contribution in [-0.4, -0.2) is 43.2 Å². The smallest absolute Gasteiger partial charge is 0.317 e. The van der Waals surface area contributed by atoms with Crippen molar-refractivity contribution in [2.45, 2.75) is 38.6 Å². The summed E-state index contributed by atoms with van der Waals surface area (Å²) in [5.41, 5.74) is 0. The van der Waals surface area contributed by atoms with Gasteiger partial charge in [-0.1, -0.05) is 6.92 Å². The standard InChI is InChI=1S/C12H23N3O/c1-10-4-3-7-15(9-10)12(16)14-11-5-2-6-13-8-11/h10-11,13H,2-9H2,1H3,(H,14,16)/t10?,11-/m0/s1. The molecule has 4 nitrogen and oxygen atoms in total.